The van der Waals surface area contributed by atoms with Gasteiger partial charge in [-0.25, -0.2) is 0 Å². The lowest BCUT2D eigenvalue weighted by molar-refractivity contribution is -0.122. The van der Waals surface area contributed by atoms with Crippen LogP contribution in [0.4, 0.5) is 0 Å². The Bertz CT molecular complexity index is 442. The Balaban J connectivity index is 4.14. The van der Waals surface area contributed by atoms with Gasteiger partial charge in [-0.3, -0.25) is 9.59 Å². The predicted molar refractivity (Wildman–Crippen MR) is 118 cm³/mol. The van der Waals surface area contributed by atoms with E-state index in [1.807, 2.05) is 0 Å². The summed E-state index contributed by atoms with van der Waals surface area (Å²) in [4.78, 5) is 23.9. The van der Waals surface area contributed by atoms with Gasteiger partial charge in [-0.15, -0.1) is 0 Å². The first kappa shape index (κ1) is 26.2. The molecule has 0 aromatic heterocycles. The number of unbranched alkanes of at least 4 members (excludes halogenated alkanes) is 2. The first-order chi connectivity index (χ1) is 12.4. The average molecular weight is 402 g/mol. The van der Waals surface area contributed by atoms with E-state index in [0.717, 1.165) is 25.7 Å². The molecule has 160 valence electrons. The number of amides is 2. The van der Waals surface area contributed by atoms with Crippen molar-refractivity contribution < 1.29 is 9.59 Å². The number of carbonyl (C=O) groups is 2. The Hall–Kier alpha value is -0.750. The molecule has 6 heteroatoms. The average Bonchev–Trinajstić information content (AvgIpc) is 2.54. The van der Waals surface area contributed by atoms with Crippen molar-refractivity contribution in [1.82, 2.24) is 10.6 Å². The molecule has 0 aliphatic rings. The second-order valence-electron chi connectivity index (χ2n) is 9.83. The molecule has 0 heterocycles. The van der Waals surface area contributed by atoms with E-state index >= 15 is 0 Å². The smallest absolute Gasteiger partial charge is 0.237 e. The molecule has 2 amide bonds. The summed E-state index contributed by atoms with van der Waals surface area (Å²) in [5, 5.41) is 6.00. The summed E-state index contributed by atoms with van der Waals surface area (Å²) in [5.74, 6) is 0.250. The van der Waals surface area contributed by atoms with Gasteiger partial charge in [0.2, 0.25) is 11.8 Å². The van der Waals surface area contributed by atoms with Crippen LogP contribution in [0.2, 0.25) is 0 Å². The van der Waals surface area contributed by atoms with E-state index in [0.29, 0.717) is 24.1 Å². The molecular formula is C21H43N3O2S. The molecule has 0 aliphatic carbocycles. The maximum Gasteiger partial charge on any atom is 0.237 e. The normalized spacial score (nSPS) is 14.5. The summed E-state index contributed by atoms with van der Waals surface area (Å²) >= 11 is 4.01. The molecule has 0 bridgehead atoms. The Morgan fingerprint density at radius 3 is 2.15 bits per heavy atom. The van der Waals surface area contributed by atoms with Crippen molar-refractivity contribution >= 4 is 24.4 Å². The van der Waals surface area contributed by atoms with Crippen molar-refractivity contribution in [2.24, 2.45) is 16.6 Å². The number of nitrogens with one attached hydrogen (secondary N) is 2. The van der Waals surface area contributed by atoms with Crippen molar-refractivity contribution in [3.05, 3.63) is 0 Å². The van der Waals surface area contributed by atoms with Crippen LogP contribution in [0.25, 0.3) is 0 Å². The second kappa shape index (κ2) is 12.7. The highest BCUT2D eigenvalue weighted by atomic mass is 32.1. The minimum absolute atomic E-state index is 0.0500. The van der Waals surface area contributed by atoms with Crippen LogP contribution in [0.5, 0.6) is 0 Å². The lowest BCUT2D eigenvalue weighted by Crippen LogP contribution is -2.43. The van der Waals surface area contributed by atoms with Gasteiger partial charge < -0.3 is 16.4 Å². The van der Waals surface area contributed by atoms with E-state index in [4.69, 9.17) is 5.73 Å². The van der Waals surface area contributed by atoms with E-state index in [1.165, 1.54) is 12.8 Å². The molecule has 0 spiro atoms. The van der Waals surface area contributed by atoms with Crippen LogP contribution in [0.15, 0.2) is 0 Å². The third-order valence-electron chi connectivity index (χ3n) is 4.71. The number of rotatable bonds is 12. The van der Waals surface area contributed by atoms with Crippen LogP contribution in [0, 0.1) is 10.8 Å². The van der Waals surface area contributed by atoms with Crippen molar-refractivity contribution in [2.75, 3.05) is 12.3 Å². The molecule has 0 saturated heterocycles. The molecule has 0 aromatic rings. The zero-order valence-electron chi connectivity index (χ0n) is 18.4. The van der Waals surface area contributed by atoms with Gasteiger partial charge in [0.25, 0.3) is 0 Å². The maximum absolute atomic E-state index is 12.3. The fourth-order valence-corrected chi connectivity index (χ4v) is 2.99. The number of thiol groups is 1. The van der Waals surface area contributed by atoms with Gasteiger partial charge in [-0.05, 0) is 36.5 Å². The van der Waals surface area contributed by atoms with E-state index in [9.17, 15) is 9.59 Å². The molecular weight excluding hydrogens is 358 g/mol. The van der Waals surface area contributed by atoms with Crippen LogP contribution >= 0.6 is 12.6 Å². The van der Waals surface area contributed by atoms with Gasteiger partial charge in [0.05, 0.1) is 6.04 Å². The van der Waals surface area contributed by atoms with Crippen LogP contribution in [-0.4, -0.2) is 36.2 Å². The van der Waals surface area contributed by atoms with Crippen molar-refractivity contribution in [3.63, 3.8) is 0 Å². The summed E-state index contributed by atoms with van der Waals surface area (Å²) in [6.07, 6.45) is 6.57. The van der Waals surface area contributed by atoms with E-state index < -0.39 is 6.04 Å². The maximum atomic E-state index is 12.3. The molecule has 2 atom stereocenters. The summed E-state index contributed by atoms with van der Waals surface area (Å²) in [7, 11) is 0. The number of carbonyl (C=O) groups excluding carboxylic acids is 2. The first-order valence-corrected chi connectivity index (χ1v) is 10.9. The monoisotopic (exact) mass is 401 g/mol. The third kappa shape index (κ3) is 14.0. The van der Waals surface area contributed by atoms with Crippen LogP contribution in [0.1, 0.15) is 86.5 Å². The van der Waals surface area contributed by atoms with Gasteiger partial charge in [0.15, 0.2) is 0 Å². The molecule has 5 nitrogen and oxygen atoms in total. The van der Waals surface area contributed by atoms with Gasteiger partial charge in [0.1, 0.15) is 0 Å². The highest BCUT2D eigenvalue weighted by Crippen LogP contribution is 2.26. The summed E-state index contributed by atoms with van der Waals surface area (Å²) in [5.41, 5.74) is 6.01. The van der Waals surface area contributed by atoms with Crippen LogP contribution in [0.3, 0.4) is 0 Å². The molecule has 0 radical (unpaired) electrons. The minimum Gasteiger partial charge on any atom is -0.355 e. The van der Waals surface area contributed by atoms with Gasteiger partial charge in [-0.2, -0.15) is 12.6 Å². The van der Waals surface area contributed by atoms with Gasteiger partial charge >= 0.3 is 0 Å². The van der Waals surface area contributed by atoms with E-state index in [-0.39, 0.29) is 23.3 Å². The summed E-state index contributed by atoms with van der Waals surface area (Å²) < 4.78 is 0. The molecule has 0 fully saturated rings. The predicted octanol–water partition coefficient (Wildman–Crippen LogP) is 3.67. The topological polar surface area (TPSA) is 84.2 Å². The molecule has 27 heavy (non-hydrogen) atoms. The molecule has 0 aliphatic heterocycles. The molecule has 0 rings (SSSR count). The Morgan fingerprint density at radius 2 is 1.63 bits per heavy atom. The van der Waals surface area contributed by atoms with Crippen LogP contribution < -0.4 is 16.4 Å². The zero-order chi connectivity index (χ0) is 21.1. The largest absolute Gasteiger partial charge is 0.355 e. The quantitative estimate of drug-likeness (QED) is 0.297. The zero-order valence-corrected chi connectivity index (χ0v) is 19.3. The summed E-state index contributed by atoms with van der Waals surface area (Å²) in [6, 6.07) is -0.375. The Morgan fingerprint density at radius 1 is 1.00 bits per heavy atom. The second-order valence-corrected chi connectivity index (χ2v) is 10.2. The van der Waals surface area contributed by atoms with Gasteiger partial charge in [-0.1, -0.05) is 54.4 Å². The summed E-state index contributed by atoms with van der Waals surface area (Å²) in [6.45, 7) is 13.9. The third-order valence-corrected chi connectivity index (χ3v) is 5.11. The van der Waals surface area contributed by atoms with Crippen molar-refractivity contribution in [1.29, 1.82) is 0 Å². The highest BCUT2D eigenvalue weighted by Gasteiger charge is 2.25. The molecule has 4 N–H and O–H groups in total. The molecule has 2 unspecified atom stereocenters. The van der Waals surface area contributed by atoms with Crippen LogP contribution in [-0.2, 0) is 9.59 Å². The van der Waals surface area contributed by atoms with Gasteiger partial charge in [0, 0.05) is 24.8 Å². The Labute approximate surface area is 172 Å². The lowest BCUT2D eigenvalue weighted by Gasteiger charge is -2.32. The minimum atomic E-state index is -0.567. The lowest BCUT2D eigenvalue weighted by atomic mass is 9.82. The molecule has 0 saturated carbocycles. The van der Waals surface area contributed by atoms with E-state index in [2.05, 4.69) is 64.8 Å². The van der Waals surface area contributed by atoms with E-state index in [1.54, 1.807) is 0 Å². The standard InChI is InChI=1S/C21H43N3O2S/c1-20(2,3)13-9-7-11-17(21(4,5)6)24-18(25)12-8-10-14-23-19(26)16(22)15-27/h16-17,27H,7-15,22H2,1-6H3,(H,23,26)(H,24,25). The SMILES string of the molecule is CC(C)(C)CCCCC(NC(=O)CCCCNC(=O)C(N)CS)C(C)(C)C. The number of nitrogens with two attached hydrogens (primary N) is 1. The first-order valence-electron chi connectivity index (χ1n) is 10.3. The van der Waals surface area contributed by atoms with Crippen molar-refractivity contribution in [3.8, 4) is 0 Å². The fraction of sp³-hybridized carbons (Fsp3) is 0.905. The number of hydrogen-bond donors (Lipinski definition) is 4. The fourth-order valence-electron chi connectivity index (χ4n) is 2.83. The Kier molecular flexibility index (Phi) is 12.3. The van der Waals surface area contributed by atoms with Crippen molar-refractivity contribution in [2.45, 2.75) is 98.6 Å². The number of hydrogen-bond acceptors (Lipinski definition) is 4. The molecule has 0 aromatic carbocycles. The highest BCUT2D eigenvalue weighted by molar-refractivity contribution is 7.80.